The molecule has 0 aliphatic heterocycles. The highest BCUT2D eigenvalue weighted by atomic mass is 16.2. The Morgan fingerprint density at radius 3 is 1.72 bits per heavy atom. The van der Waals surface area contributed by atoms with Crippen molar-refractivity contribution in [1.82, 2.24) is 5.32 Å². The highest BCUT2D eigenvalue weighted by Crippen LogP contribution is 2.16. The van der Waals surface area contributed by atoms with Crippen LogP contribution in [0.3, 0.4) is 0 Å². The molecule has 0 amide bonds. The molecule has 0 bridgehead atoms. The van der Waals surface area contributed by atoms with Gasteiger partial charge in [-0.05, 0) is 32.2 Å². The van der Waals surface area contributed by atoms with Crippen LogP contribution in [0.1, 0.15) is 83.5 Å². The Morgan fingerprint density at radius 2 is 1.22 bits per heavy atom. The van der Waals surface area contributed by atoms with Crippen LogP contribution in [0.15, 0.2) is 0 Å². The minimum atomic E-state index is 0.340. The summed E-state index contributed by atoms with van der Waals surface area (Å²) in [5.41, 5.74) is 0. The Morgan fingerprint density at radius 1 is 0.722 bits per heavy atom. The fourth-order valence-corrected chi connectivity index (χ4v) is 2.91. The van der Waals surface area contributed by atoms with E-state index in [0.29, 0.717) is 6.61 Å². The molecular weight excluding hydrogens is 222 g/mol. The van der Waals surface area contributed by atoms with E-state index in [4.69, 9.17) is 5.11 Å². The first-order valence-corrected chi connectivity index (χ1v) is 8.27. The molecule has 1 saturated carbocycles. The molecule has 1 aliphatic carbocycles. The maximum Gasteiger partial charge on any atom is 0.0431 e. The molecule has 0 aromatic heterocycles. The number of unbranched alkanes of at least 4 members (excludes halogenated alkanes) is 1. The van der Waals surface area contributed by atoms with Crippen LogP contribution in [-0.4, -0.2) is 24.3 Å². The second kappa shape index (κ2) is 12.0. The second-order valence-electron chi connectivity index (χ2n) is 5.84. The number of hydrogen-bond acceptors (Lipinski definition) is 2. The van der Waals surface area contributed by atoms with Gasteiger partial charge in [-0.2, -0.15) is 0 Å². The van der Waals surface area contributed by atoms with Crippen molar-refractivity contribution in [2.24, 2.45) is 0 Å². The van der Waals surface area contributed by atoms with E-state index in [9.17, 15) is 0 Å². The van der Waals surface area contributed by atoms with Gasteiger partial charge in [0.25, 0.3) is 0 Å². The number of nitrogens with one attached hydrogen (secondary N) is 1. The maximum atomic E-state index is 8.78. The van der Waals surface area contributed by atoms with Gasteiger partial charge in [0.2, 0.25) is 0 Å². The van der Waals surface area contributed by atoms with Crippen LogP contribution >= 0.6 is 0 Å². The molecular formula is C16H33NO. The lowest BCUT2D eigenvalue weighted by Gasteiger charge is -2.19. The molecule has 18 heavy (non-hydrogen) atoms. The van der Waals surface area contributed by atoms with Crippen molar-refractivity contribution in [2.75, 3.05) is 13.2 Å². The highest BCUT2D eigenvalue weighted by molar-refractivity contribution is 4.68. The fourth-order valence-electron chi connectivity index (χ4n) is 2.91. The first kappa shape index (κ1) is 16.0. The van der Waals surface area contributed by atoms with Gasteiger partial charge in [-0.1, -0.05) is 57.8 Å². The highest BCUT2D eigenvalue weighted by Gasteiger charge is 2.08. The van der Waals surface area contributed by atoms with Gasteiger partial charge in [0, 0.05) is 12.6 Å². The topological polar surface area (TPSA) is 32.3 Å². The summed E-state index contributed by atoms with van der Waals surface area (Å²) in [4.78, 5) is 0. The van der Waals surface area contributed by atoms with Crippen LogP contribution in [0, 0.1) is 0 Å². The van der Waals surface area contributed by atoms with Crippen molar-refractivity contribution in [1.29, 1.82) is 0 Å². The first-order chi connectivity index (χ1) is 8.93. The van der Waals surface area contributed by atoms with Crippen LogP contribution in [0.4, 0.5) is 0 Å². The predicted molar refractivity (Wildman–Crippen MR) is 78.9 cm³/mol. The van der Waals surface area contributed by atoms with E-state index in [1.54, 1.807) is 0 Å². The average Bonchev–Trinajstić information content (AvgIpc) is 2.37. The van der Waals surface area contributed by atoms with Crippen molar-refractivity contribution >= 4 is 0 Å². The van der Waals surface area contributed by atoms with Gasteiger partial charge in [0.15, 0.2) is 0 Å². The quantitative estimate of drug-likeness (QED) is 0.727. The second-order valence-corrected chi connectivity index (χ2v) is 5.84. The molecule has 1 rings (SSSR count). The van der Waals surface area contributed by atoms with E-state index in [1.165, 1.54) is 70.6 Å². The zero-order valence-electron chi connectivity index (χ0n) is 12.1. The smallest absolute Gasteiger partial charge is 0.0431 e. The number of aliphatic hydroxyl groups is 1. The van der Waals surface area contributed by atoms with Gasteiger partial charge < -0.3 is 10.4 Å². The van der Waals surface area contributed by atoms with E-state index < -0.39 is 0 Å². The third-order valence-electron chi connectivity index (χ3n) is 4.12. The summed E-state index contributed by atoms with van der Waals surface area (Å²) in [6.45, 7) is 1.43. The van der Waals surface area contributed by atoms with Gasteiger partial charge in [-0.15, -0.1) is 0 Å². The monoisotopic (exact) mass is 255 g/mol. The predicted octanol–water partition coefficient (Wildman–Crippen LogP) is 4.02. The number of hydrogen-bond donors (Lipinski definition) is 2. The van der Waals surface area contributed by atoms with E-state index in [2.05, 4.69) is 5.32 Å². The molecule has 2 heteroatoms. The largest absolute Gasteiger partial charge is 0.396 e. The SMILES string of the molecule is OCCCCNC1CCCCCCCCCCC1. The van der Waals surface area contributed by atoms with E-state index in [1.807, 2.05) is 0 Å². The van der Waals surface area contributed by atoms with Crippen LogP contribution in [-0.2, 0) is 0 Å². The minimum absolute atomic E-state index is 0.340. The zero-order valence-corrected chi connectivity index (χ0v) is 12.1. The molecule has 1 fully saturated rings. The third kappa shape index (κ3) is 8.93. The van der Waals surface area contributed by atoms with Crippen LogP contribution in [0.2, 0.25) is 0 Å². The third-order valence-corrected chi connectivity index (χ3v) is 4.12. The maximum absolute atomic E-state index is 8.78. The Hall–Kier alpha value is -0.0800. The van der Waals surface area contributed by atoms with Crippen molar-refractivity contribution < 1.29 is 5.11 Å². The summed E-state index contributed by atoms with van der Waals surface area (Å²) in [6, 6.07) is 0.739. The first-order valence-electron chi connectivity index (χ1n) is 8.27. The Kier molecular flexibility index (Phi) is 10.6. The molecule has 1 aliphatic rings. The molecule has 0 aromatic carbocycles. The minimum Gasteiger partial charge on any atom is -0.396 e. The lowest BCUT2D eigenvalue weighted by Crippen LogP contribution is -2.30. The zero-order chi connectivity index (χ0) is 12.9. The molecule has 0 radical (unpaired) electrons. The van der Waals surface area contributed by atoms with Crippen molar-refractivity contribution in [3.05, 3.63) is 0 Å². The normalized spacial score (nSPS) is 21.2. The molecule has 0 aromatic rings. The number of rotatable bonds is 5. The Balaban J connectivity index is 2.14. The van der Waals surface area contributed by atoms with Crippen molar-refractivity contribution in [3.63, 3.8) is 0 Å². The Bertz CT molecular complexity index is 158. The molecule has 2 N–H and O–H groups in total. The van der Waals surface area contributed by atoms with Crippen LogP contribution in [0.5, 0.6) is 0 Å². The summed E-state index contributed by atoms with van der Waals surface area (Å²) < 4.78 is 0. The molecule has 0 saturated heterocycles. The van der Waals surface area contributed by atoms with Crippen LogP contribution in [0.25, 0.3) is 0 Å². The summed E-state index contributed by atoms with van der Waals surface area (Å²) >= 11 is 0. The lowest BCUT2D eigenvalue weighted by molar-refractivity contribution is 0.281. The van der Waals surface area contributed by atoms with Gasteiger partial charge in [0.1, 0.15) is 0 Å². The Labute approximate surface area is 114 Å². The fraction of sp³-hybridized carbons (Fsp3) is 1.00. The van der Waals surface area contributed by atoms with Gasteiger partial charge in [0.05, 0.1) is 0 Å². The molecule has 0 atom stereocenters. The van der Waals surface area contributed by atoms with Gasteiger partial charge >= 0.3 is 0 Å². The summed E-state index contributed by atoms with van der Waals surface area (Å²) in [6.07, 6.45) is 17.7. The molecule has 0 spiro atoms. The molecule has 0 heterocycles. The van der Waals surface area contributed by atoms with Gasteiger partial charge in [-0.25, -0.2) is 0 Å². The average molecular weight is 255 g/mol. The lowest BCUT2D eigenvalue weighted by atomic mass is 9.98. The van der Waals surface area contributed by atoms with Crippen molar-refractivity contribution in [2.45, 2.75) is 89.5 Å². The molecule has 2 nitrogen and oxygen atoms in total. The van der Waals surface area contributed by atoms with E-state index >= 15 is 0 Å². The van der Waals surface area contributed by atoms with Crippen LogP contribution < -0.4 is 5.32 Å². The standard InChI is InChI=1S/C16H33NO/c18-15-11-10-14-17-16-12-8-6-4-2-1-3-5-7-9-13-16/h16-18H,1-15H2. The molecule has 0 unspecified atom stereocenters. The van der Waals surface area contributed by atoms with E-state index in [0.717, 1.165) is 25.4 Å². The molecule has 108 valence electrons. The van der Waals surface area contributed by atoms with E-state index in [-0.39, 0.29) is 0 Å². The summed E-state index contributed by atoms with van der Waals surface area (Å²) in [5.74, 6) is 0. The summed E-state index contributed by atoms with van der Waals surface area (Å²) in [5, 5.41) is 12.5. The van der Waals surface area contributed by atoms with Crippen molar-refractivity contribution in [3.8, 4) is 0 Å². The summed E-state index contributed by atoms with van der Waals surface area (Å²) in [7, 11) is 0. The van der Waals surface area contributed by atoms with Gasteiger partial charge in [-0.3, -0.25) is 0 Å². The number of aliphatic hydroxyl groups excluding tert-OH is 1.